The van der Waals surface area contributed by atoms with Crippen molar-refractivity contribution in [1.82, 2.24) is 14.7 Å². The molecule has 1 aromatic rings. The summed E-state index contributed by atoms with van der Waals surface area (Å²) in [7, 11) is 2.05. The number of hydrogen-bond acceptors (Lipinski definition) is 4. The normalized spacial score (nSPS) is 30.1. The Balaban J connectivity index is 1.64. The van der Waals surface area contributed by atoms with E-state index in [1.165, 1.54) is 0 Å². The second kappa shape index (κ2) is 8.65. The summed E-state index contributed by atoms with van der Waals surface area (Å²) in [4.78, 5) is 32.9. The van der Waals surface area contributed by atoms with E-state index >= 15 is 0 Å². The van der Waals surface area contributed by atoms with Gasteiger partial charge in [0.15, 0.2) is 0 Å². The molecular formula is C22H29Cl2N3O3. The van der Waals surface area contributed by atoms with Crippen LogP contribution in [0.5, 0.6) is 0 Å². The molecule has 2 amide bonds. The average Bonchev–Trinajstić information content (AvgIpc) is 3.10. The van der Waals surface area contributed by atoms with Crippen molar-refractivity contribution >= 4 is 35.0 Å². The summed E-state index contributed by atoms with van der Waals surface area (Å²) in [6.07, 6.45) is 3.43. The molecule has 0 radical (unpaired) electrons. The Morgan fingerprint density at radius 2 is 1.73 bits per heavy atom. The van der Waals surface area contributed by atoms with Crippen LogP contribution in [0.15, 0.2) is 18.2 Å². The maximum atomic E-state index is 13.7. The third-order valence-corrected chi connectivity index (χ3v) is 7.54. The summed E-state index contributed by atoms with van der Waals surface area (Å²) in [5.41, 5.74) is -0.285. The van der Waals surface area contributed by atoms with Gasteiger partial charge in [-0.25, -0.2) is 0 Å². The Morgan fingerprint density at radius 3 is 2.37 bits per heavy atom. The molecule has 0 bridgehead atoms. The van der Waals surface area contributed by atoms with E-state index in [4.69, 9.17) is 27.9 Å². The number of benzene rings is 1. The van der Waals surface area contributed by atoms with Gasteiger partial charge in [0.2, 0.25) is 5.91 Å². The van der Waals surface area contributed by atoms with Crippen molar-refractivity contribution in [2.75, 3.05) is 39.8 Å². The number of ether oxygens (including phenoxy) is 1. The van der Waals surface area contributed by atoms with E-state index < -0.39 is 11.8 Å². The van der Waals surface area contributed by atoms with Crippen LogP contribution < -0.4 is 0 Å². The van der Waals surface area contributed by atoms with E-state index in [0.29, 0.717) is 34.6 Å². The third-order valence-electron chi connectivity index (χ3n) is 6.80. The number of halogens is 2. The highest BCUT2D eigenvalue weighted by atomic mass is 35.5. The predicted molar refractivity (Wildman–Crippen MR) is 117 cm³/mol. The molecule has 2 saturated heterocycles. The molecule has 1 spiro atoms. The Labute approximate surface area is 188 Å². The van der Waals surface area contributed by atoms with E-state index in [9.17, 15) is 9.59 Å². The first-order valence-corrected chi connectivity index (χ1v) is 11.5. The summed E-state index contributed by atoms with van der Waals surface area (Å²) in [5.74, 6) is 0.355. The fraction of sp³-hybridized carbons (Fsp3) is 0.636. The summed E-state index contributed by atoms with van der Waals surface area (Å²) in [6, 6.07) is 4.27. The van der Waals surface area contributed by atoms with Gasteiger partial charge in [0.25, 0.3) is 5.91 Å². The molecule has 1 aliphatic carbocycles. The average molecular weight is 454 g/mol. The molecule has 164 valence electrons. The maximum Gasteiger partial charge on any atom is 0.256 e. The van der Waals surface area contributed by atoms with Crippen LogP contribution in [-0.4, -0.2) is 78.1 Å². The van der Waals surface area contributed by atoms with Gasteiger partial charge in [0.1, 0.15) is 11.8 Å². The van der Waals surface area contributed by atoms with Crippen molar-refractivity contribution in [2.45, 2.75) is 44.4 Å². The van der Waals surface area contributed by atoms with Gasteiger partial charge in [-0.3, -0.25) is 14.5 Å². The molecule has 0 aromatic heterocycles. The molecule has 3 aliphatic rings. The largest absolute Gasteiger partial charge is 0.353 e. The highest BCUT2D eigenvalue weighted by molar-refractivity contribution is 6.42. The van der Waals surface area contributed by atoms with Crippen molar-refractivity contribution in [3.8, 4) is 0 Å². The van der Waals surface area contributed by atoms with E-state index in [2.05, 4.69) is 18.9 Å². The Hall–Kier alpha value is -1.34. The molecular weight excluding hydrogens is 425 g/mol. The van der Waals surface area contributed by atoms with Crippen LogP contribution >= 0.6 is 23.2 Å². The van der Waals surface area contributed by atoms with Crippen LogP contribution in [0, 0.1) is 5.92 Å². The summed E-state index contributed by atoms with van der Waals surface area (Å²) >= 11 is 12.2. The Kier molecular flexibility index (Phi) is 6.31. The van der Waals surface area contributed by atoms with Gasteiger partial charge in [0.05, 0.1) is 16.7 Å². The second-order valence-corrected chi connectivity index (χ2v) is 9.70. The van der Waals surface area contributed by atoms with E-state index in [1.807, 2.05) is 4.90 Å². The lowest BCUT2D eigenvalue weighted by Crippen LogP contribution is -2.59. The van der Waals surface area contributed by atoms with Crippen molar-refractivity contribution in [2.24, 2.45) is 5.92 Å². The standard InChI is InChI=1S/C22H29Cl2N3O3/c1-15-5-7-22(8-6-15)27(20(28)16-3-4-17(23)18(24)13-16)19(14-30-22)21(29)26-11-9-25(2)10-12-26/h3-4,13,15,19H,5-12,14H2,1-2H3. The zero-order valence-corrected chi connectivity index (χ0v) is 19.1. The first kappa shape index (κ1) is 21.9. The van der Waals surface area contributed by atoms with E-state index in [-0.39, 0.29) is 18.4 Å². The first-order valence-electron chi connectivity index (χ1n) is 10.7. The molecule has 3 fully saturated rings. The van der Waals surface area contributed by atoms with Gasteiger partial charge in [-0.1, -0.05) is 30.1 Å². The monoisotopic (exact) mass is 453 g/mol. The molecule has 1 aromatic carbocycles. The molecule has 30 heavy (non-hydrogen) atoms. The van der Waals surface area contributed by atoms with Crippen LogP contribution in [0.3, 0.4) is 0 Å². The molecule has 4 rings (SSSR count). The van der Waals surface area contributed by atoms with Gasteiger partial charge < -0.3 is 14.5 Å². The number of piperazine rings is 1. The molecule has 1 atom stereocenters. The number of rotatable bonds is 2. The minimum absolute atomic E-state index is 0.0213. The molecule has 1 unspecified atom stereocenters. The minimum Gasteiger partial charge on any atom is -0.353 e. The van der Waals surface area contributed by atoms with Gasteiger partial charge >= 0.3 is 0 Å². The first-order chi connectivity index (χ1) is 14.3. The molecule has 0 N–H and O–H groups in total. The molecule has 6 nitrogen and oxygen atoms in total. The number of hydrogen-bond donors (Lipinski definition) is 0. The van der Waals surface area contributed by atoms with Crippen LogP contribution in [0.4, 0.5) is 0 Å². The quantitative estimate of drug-likeness (QED) is 0.687. The molecule has 1 saturated carbocycles. The van der Waals surface area contributed by atoms with Gasteiger partial charge in [-0.05, 0) is 56.8 Å². The number of carbonyl (C=O) groups is 2. The lowest BCUT2D eigenvalue weighted by molar-refractivity contribution is -0.139. The van der Waals surface area contributed by atoms with Crippen LogP contribution in [0.1, 0.15) is 43.0 Å². The summed E-state index contributed by atoms with van der Waals surface area (Å²) in [6.45, 7) is 5.48. The lowest BCUT2D eigenvalue weighted by atomic mass is 9.83. The van der Waals surface area contributed by atoms with Crippen molar-refractivity contribution in [1.29, 1.82) is 0 Å². The zero-order chi connectivity index (χ0) is 21.5. The van der Waals surface area contributed by atoms with Gasteiger partial charge in [-0.15, -0.1) is 0 Å². The zero-order valence-electron chi connectivity index (χ0n) is 17.6. The lowest BCUT2D eigenvalue weighted by Gasteiger charge is -2.44. The molecule has 2 heterocycles. The maximum absolute atomic E-state index is 13.7. The Morgan fingerprint density at radius 1 is 1.07 bits per heavy atom. The molecule has 2 aliphatic heterocycles. The summed E-state index contributed by atoms with van der Waals surface area (Å²) < 4.78 is 6.27. The number of likely N-dealkylation sites (N-methyl/N-ethyl adjacent to an activating group) is 1. The van der Waals surface area contributed by atoms with Gasteiger partial charge in [-0.2, -0.15) is 0 Å². The third kappa shape index (κ3) is 4.07. The fourth-order valence-corrected chi connectivity index (χ4v) is 5.07. The predicted octanol–water partition coefficient (Wildman–Crippen LogP) is 3.51. The highest BCUT2D eigenvalue weighted by Gasteiger charge is 2.54. The van der Waals surface area contributed by atoms with E-state index in [1.54, 1.807) is 23.1 Å². The SMILES string of the molecule is CC1CCC2(CC1)OCC(C(=O)N1CCN(C)CC1)N2C(=O)c1ccc(Cl)c(Cl)c1. The van der Waals surface area contributed by atoms with Crippen LogP contribution in [0.2, 0.25) is 10.0 Å². The number of carbonyl (C=O) groups excluding carboxylic acids is 2. The number of amides is 2. The number of nitrogens with zero attached hydrogens (tertiary/aromatic N) is 3. The van der Waals surface area contributed by atoms with Crippen molar-refractivity contribution in [3.05, 3.63) is 33.8 Å². The summed E-state index contributed by atoms with van der Waals surface area (Å²) in [5, 5.41) is 0.730. The highest BCUT2D eigenvalue weighted by Crippen LogP contribution is 2.43. The van der Waals surface area contributed by atoms with Crippen LogP contribution in [-0.2, 0) is 9.53 Å². The minimum atomic E-state index is -0.720. The topological polar surface area (TPSA) is 53.1 Å². The second-order valence-electron chi connectivity index (χ2n) is 8.89. The Bertz CT molecular complexity index is 818. The van der Waals surface area contributed by atoms with Crippen molar-refractivity contribution in [3.63, 3.8) is 0 Å². The fourth-order valence-electron chi connectivity index (χ4n) is 4.77. The van der Waals surface area contributed by atoms with Gasteiger partial charge in [0, 0.05) is 31.7 Å². The van der Waals surface area contributed by atoms with E-state index in [0.717, 1.165) is 38.8 Å². The molecule has 8 heteroatoms. The van der Waals surface area contributed by atoms with Crippen LogP contribution in [0.25, 0.3) is 0 Å². The smallest absolute Gasteiger partial charge is 0.256 e. The van der Waals surface area contributed by atoms with Crippen molar-refractivity contribution < 1.29 is 14.3 Å².